The van der Waals surface area contributed by atoms with Crippen LogP contribution in [0.4, 0.5) is 10.1 Å². The van der Waals surface area contributed by atoms with Gasteiger partial charge in [0.05, 0.1) is 6.61 Å². The predicted octanol–water partition coefficient (Wildman–Crippen LogP) is 2.60. The highest BCUT2D eigenvalue weighted by Crippen LogP contribution is 2.28. The Morgan fingerprint density at radius 2 is 2.05 bits per heavy atom. The summed E-state index contributed by atoms with van der Waals surface area (Å²) in [6, 6.07) is 13.1. The second kappa shape index (κ2) is 6.46. The number of nitrogens with zero attached hydrogens (tertiary/aromatic N) is 1. The van der Waals surface area contributed by atoms with Gasteiger partial charge < -0.3 is 15.7 Å². The van der Waals surface area contributed by atoms with E-state index < -0.39 is 0 Å². The number of rotatable bonds is 3. The molecule has 0 saturated carbocycles. The fraction of sp³-hybridized carbons (Fsp3) is 0.333. The summed E-state index contributed by atoms with van der Waals surface area (Å²) in [6.45, 7) is 1.09. The molecule has 0 radical (unpaired) electrons. The maximum Gasteiger partial charge on any atom is 0.128 e. The van der Waals surface area contributed by atoms with Crippen LogP contribution in [0.3, 0.4) is 0 Å². The van der Waals surface area contributed by atoms with Crippen LogP contribution in [-0.4, -0.2) is 17.7 Å². The van der Waals surface area contributed by atoms with Crippen LogP contribution in [0.25, 0.3) is 0 Å². The van der Waals surface area contributed by atoms with Crippen molar-refractivity contribution in [1.29, 1.82) is 0 Å². The number of nitrogens with two attached hydrogens (primary N) is 1. The number of hydrogen-bond donors (Lipinski definition) is 2. The molecular formula is C18H21FN2O. The molecule has 116 valence electrons. The van der Waals surface area contributed by atoms with Gasteiger partial charge in [0.25, 0.3) is 0 Å². The lowest BCUT2D eigenvalue weighted by Crippen LogP contribution is -2.36. The molecule has 3 nitrogen and oxygen atoms in total. The normalized spacial score (nSPS) is 18.0. The van der Waals surface area contributed by atoms with Gasteiger partial charge in [-0.25, -0.2) is 4.39 Å². The summed E-state index contributed by atoms with van der Waals surface area (Å²) in [4.78, 5) is 2.15. The van der Waals surface area contributed by atoms with Gasteiger partial charge in [0.15, 0.2) is 0 Å². The molecule has 1 heterocycles. The minimum absolute atomic E-state index is 0.0800. The third-order valence-corrected chi connectivity index (χ3v) is 4.23. The molecule has 1 unspecified atom stereocenters. The Kier molecular flexibility index (Phi) is 4.41. The SMILES string of the molecule is NC1CCc2ccccc2N(Cc2cc(CO)ccc2F)C1. The van der Waals surface area contributed by atoms with Gasteiger partial charge >= 0.3 is 0 Å². The van der Waals surface area contributed by atoms with Gasteiger partial charge in [-0.1, -0.05) is 24.3 Å². The Balaban J connectivity index is 1.93. The van der Waals surface area contributed by atoms with Crippen LogP contribution >= 0.6 is 0 Å². The number of benzene rings is 2. The van der Waals surface area contributed by atoms with Crippen molar-refractivity contribution >= 4 is 5.69 Å². The van der Waals surface area contributed by atoms with E-state index in [0.29, 0.717) is 18.7 Å². The van der Waals surface area contributed by atoms with E-state index in [9.17, 15) is 9.50 Å². The van der Waals surface area contributed by atoms with Crippen molar-refractivity contribution in [2.75, 3.05) is 11.4 Å². The monoisotopic (exact) mass is 300 g/mol. The molecule has 4 heteroatoms. The lowest BCUT2D eigenvalue weighted by molar-refractivity contribution is 0.281. The molecule has 3 N–H and O–H groups in total. The van der Waals surface area contributed by atoms with Crippen molar-refractivity contribution in [3.8, 4) is 0 Å². The average Bonchev–Trinajstić information content (AvgIpc) is 2.69. The first kappa shape index (κ1) is 15.0. The first-order valence-corrected chi connectivity index (χ1v) is 7.64. The molecule has 2 aromatic carbocycles. The topological polar surface area (TPSA) is 49.5 Å². The fourth-order valence-electron chi connectivity index (χ4n) is 3.05. The van der Waals surface area contributed by atoms with E-state index in [4.69, 9.17) is 5.73 Å². The van der Waals surface area contributed by atoms with Crippen molar-refractivity contribution in [3.05, 3.63) is 65.0 Å². The molecule has 2 aromatic rings. The largest absolute Gasteiger partial charge is 0.392 e. The van der Waals surface area contributed by atoms with Crippen molar-refractivity contribution in [3.63, 3.8) is 0 Å². The molecule has 22 heavy (non-hydrogen) atoms. The first-order valence-electron chi connectivity index (χ1n) is 7.64. The summed E-state index contributed by atoms with van der Waals surface area (Å²) in [5.41, 5.74) is 9.88. The van der Waals surface area contributed by atoms with Crippen LogP contribution in [0.15, 0.2) is 42.5 Å². The van der Waals surface area contributed by atoms with E-state index >= 15 is 0 Å². The Labute approximate surface area is 130 Å². The van der Waals surface area contributed by atoms with E-state index in [1.807, 2.05) is 12.1 Å². The van der Waals surface area contributed by atoms with Gasteiger partial charge in [-0.05, 0) is 42.2 Å². The summed E-state index contributed by atoms with van der Waals surface area (Å²) in [5.74, 6) is -0.243. The summed E-state index contributed by atoms with van der Waals surface area (Å²) < 4.78 is 14.1. The van der Waals surface area contributed by atoms with Crippen LogP contribution in [0.1, 0.15) is 23.1 Å². The van der Waals surface area contributed by atoms with Crippen molar-refractivity contribution in [2.45, 2.75) is 32.0 Å². The maximum atomic E-state index is 14.1. The van der Waals surface area contributed by atoms with Crippen molar-refractivity contribution < 1.29 is 9.50 Å². The van der Waals surface area contributed by atoms with Crippen LogP contribution in [-0.2, 0) is 19.6 Å². The predicted molar refractivity (Wildman–Crippen MR) is 86.1 cm³/mol. The van der Waals surface area contributed by atoms with Crippen LogP contribution < -0.4 is 10.6 Å². The smallest absolute Gasteiger partial charge is 0.128 e. The van der Waals surface area contributed by atoms with E-state index in [1.165, 1.54) is 11.6 Å². The molecular weight excluding hydrogens is 279 g/mol. The second-order valence-electron chi connectivity index (χ2n) is 5.89. The number of aliphatic hydroxyl groups is 1. The zero-order valence-electron chi connectivity index (χ0n) is 12.5. The first-order chi connectivity index (χ1) is 10.7. The molecule has 0 bridgehead atoms. The highest BCUT2D eigenvalue weighted by molar-refractivity contribution is 5.55. The molecule has 1 atom stereocenters. The van der Waals surface area contributed by atoms with Gasteiger partial charge in [0.1, 0.15) is 5.82 Å². The molecule has 1 aliphatic heterocycles. The van der Waals surface area contributed by atoms with Gasteiger partial charge in [-0.15, -0.1) is 0 Å². The summed E-state index contributed by atoms with van der Waals surface area (Å²) in [5, 5.41) is 9.25. The molecule has 0 amide bonds. The highest BCUT2D eigenvalue weighted by atomic mass is 19.1. The highest BCUT2D eigenvalue weighted by Gasteiger charge is 2.20. The quantitative estimate of drug-likeness (QED) is 0.916. The van der Waals surface area contributed by atoms with Crippen LogP contribution in [0.2, 0.25) is 0 Å². The Morgan fingerprint density at radius 1 is 1.23 bits per heavy atom. The van der Waals surface area contributed by atoms with Crippen molar-refractivity contribution in [1.82, 2.24) is 0 Å². The third kappa shape index (κ3) is 3.13. The Bertz CT molecular complexity index is 659. The third-order valence-electron chi connectivity index (χ3n) is 4.23. The van der Waals surface area contributed by atoms with Gasteiger partial charge in [-0.2, -0.15) is 0 Å². The average molecular weight is 300 g/mol. The minimum atomic E-state index is -0.243. The van der Waals surface area contributed by atoms with Gasteiger partial charge in [-0.3, -0.25) is 0 Å². The van der Waals surface area contributed by atoms with Gasteiger partial charge in [0.2, 0.25) is 0 Å². The van der Waals surface area contributed by atoms with Crippen molar-refractivity contribution in [2.24, 2.45) is 5.73 Å². The lowest BCUT2D eigenvalue weighted by atomic mass is 10.1. The Hall–Kier alpha value is -1.91. The molecule has 0 spiro atoms. The number of hydrogen-bond acceptors (Lipinski definition) is 3. The molecule has 0 saturated heterocycles. The number of aliphatic hydroxyl groups excluding tert-OH is 1. The van der Waals surface area contributed by atoms with Crippen LogP contribution in [0.5, 0.6) is 0 Å². The fourth-order valence-corrected chi connectivity index (χ4v) is 3.05. The van der Waals surface area contributed by atoms with Crippen LogP contribution in [0, 0.1) is 5.82 Å². The number of para-hydroxylation sites is 1. The maximum absolute atomic E-state index is 14.1. The number of aryl methyl sites for hydroxylation is 1. The number of fused-ring (bicyclic) bond motifs is 1. The molecule has 3 rings (SSSR count). The molecule has 0 aromatic heterocycles. The van der Waals surface area contributed by atoms with E-state index in [1.54, 1.807) is 12.1 Å². The standard InChI is InChI=1S/C18H21FN2O/c19-17-8-5-13(12-22)9-15(17)10-21-11-16(20)7-6-14-3-1-2-4-18(14)21/h1-5,8-9,16,22H,6-7,10-12,20H2. The zero-order valence-corrected chi connectivity index (χ0v) is 12.5. The summed E-state index contributed by atoms with van der Waals surface area (Å²) in [6.07, 6.45) is 1.89. The van der Waals surface area contributed by atoms with E-state index in [2.05, 4.69) is 17.0 Å². The Morgan fingerprint density at radius 3 is 2.86 bits per heavy atom. The van der Waals surface area contributed by atoms with E-state index in [-0.39, 0.29) is 18.5 Å². The minimum Gasteiger partial charge on any atom is -0.392 e. The summed E-state index contributed by atoms with van der Waals surface area (Å²) in [7, 11) is 0. The zero-order chi connectivity index (χ0) is 15.5. The lowest BCUT2D eigenvalue weighted by Gasteiger charge is -2.27. The molecule has 0 fully saturated rings. The van der Waals surface area contributed by atoms with E-state index in [0.717, 1.165) is 24.1 Å². The number of anilines is 1. The summed E-state index contributed by atoms with van der Waals surface area (Å²) >= 11 is 0. The molecule has 0 aliphatic carbocycles. The molecule has 1 aliphatic rings. The second-order valence-corrected chi connectivity index (χ2v) is 5.89. The number of halogens is 1. The van der Waals surface area contributed by atoms with Gasteiger partial charge in [0, 0.05) is 30.4 Å².